The van der Waals surface area contributed by atoms with E-state index in [4.69, 9.17) is 0 Å². The van der Waals surface area contributed by atoms with Crippen LogP contribution in [0.2, 0.25) is 0 Å². The molecule has 0 aromatic heterocycles. The number of carbonyl (C=O) groups is 1. The minimum Gasteiger partial charge on any atom is -0.371 e. The highest BCUT2D eigenvalue weighted by molar-refractivity contribution is 8.18. The summed E-state index contributed by atoms with van der Waals surface area (Å²) in [5.41, 5.74) is 4.50. The minimum absolute atomic E-state index is 0.0310. The van der Waals surface area contributed by atoms with Gasteiger partial charge < -0.3 is 4.90 Å². The Morgan fingerprint density at radius 2 is 1.86 bits per heavy atom. The Morgan fingerprint density at radius 1 is 1.11 bits per heavy atom. The zero-order valence-corrected chi connectivity index (χ0v) is 17.2. The van der Waals surface area contributed by atoms with E-state index in [2.05, 4.69) is 35.0 Å². The van der Waals surface area contributed by atoms with Crippen molar-refractivity contribution in [3.8, 4) is 0 Å². The van der Waals surface area contributed by atoms with Crippen LogP contribution in [-0.4, -0.2) is 35.6 Å². The van der Waals surface area contributed by atoms with Gasteiger partial charge in [0.1, 0.15) is 0 Å². The van der Waals surface area contributed by atoms with Crippen molar-refractivity contribution < 1.29 is 4.79 Å². The highest BCUT2D eigenvalue weighted by atomic mass is 32.2. The maximum atomic E-state index is 12.9. The van der Waals surface area contributed by atoms with Crippen molar-refractivity contribution in [1.82, 2.24) is 4.90 Å². The van der Waals surface area contributed by atoms with E-state index < -0.39 is 0 Å². The Bertz CT molecular complexity index is 930. The molecule has 2 heterocycles. The summed E-state index contributed by atoms with van der Waals surface area (Å²) in [6.07, 6.45) is 4.53. The van der Waals surface area contributed by atoms with Crippen molar-refractivity contribution in [3.63, 3.8) is 0 Å². The van der Waals surface area contributed by atoms with Gasteiger partial charge in [0.2, 0.25) is 0 Å². The SMILES string of the molecule is CCN1C(=O)/C(=C\c2ccc(N3CCCC3)c(C)c2)SC1=Nc1ccccc1. The van der Waals surface area contributed by atoms with Crippen LogP contribution in [0, 0.1) is 6.92 Å². The van der Waals surface area contributed by atoms with E-state index in [1.165, 1.54) is 35.9 Å². The van der Waals surface area contributed by atoms with E-state index in [9.17, 15) is 4.79 Å². The van der Waals surface area contributed by atoms with Gasteiger partial charge in [-0.15, -0.1) is 0 Å². The van der Waals surface area contributed by atoms with E-state index in [-0.39, 0.29) is 5.91 Å². The molecule has 2 aliphatic rings. The number of amidine groups is 1. The molecular formula is C23H25N3OS. The van der Waals surface area contributed by atoms with Crippen LogP contribution in [0.5, 0.6) is 0 Å². The Morgan fingerprint density at radius 3 is 2.54 bits per heavy atom. The van der Waals surface area contributed by atoms with Gasteiger partial charge in [0.15, 0.2) is 5.17 Å². The molecule has 0 saturated carbocycles. The summed E-state index contributed by atoms with van der Waals surface area (Å²) in [5, 5.41) is 0.746. The van der Waals surface area contributed by atoms with Crippen molar-refractivity contribution in [2.45, 2.75) is 26.7 Å². The molecule has 0 unspecified atom stereocenters. The lowest BCUT2D eigenvalue weighted by Crippen LogP contribution is -2.28. The second-order valence-electron chi connectivity index (χ2n) is 7.13. The molecule has 0 aliphatic carbocycles. The highest BCUT2D eigenvalue weighted by Gasteiger charge is 2.32. The number of nitrogens with zero attached hydrogens (tertiary/aromatic N) is 3. The van der Waals surface area contributed by atoms with Crippen LogP contribution in [0.1, 0.15) is 30.9 Å². The van der Waals surface area contributed by atoms with Gasteiger partial charge in [-0.05, 0) is 79.9 Å². The molecular weight excluding hydrogens is 366 g/mol. The van der Waals surface area contributed by atoms with Crippen molar-refractivity contribution in [2.75, 3.05) is 24.5 Å². The van der Waals surface area contributed by atoms with Gasteiger partial charge in [0.25, 0.3) is 5.91 Å². The maximum Gasteiger partial charge on any atom is 0.266 e. The Labute approximate surface area is 171 Å². The van der Waals surface area contributed by atoms with Gasteiger partial charge in [0, 0.05) is 25.3 Å². The first-order chi connectivity index (χ1) is 13.7. The van der Waals surface area contributed by atoms with Gasteiger partial charge in [-0.25, -0.2) is 4.99 Å². The number of aliphatic imine (C=N–C) groups is 1. The number of amides is 1. The highest BCUT2D eigenvalue weighted by Crippen LogP contribution is 2.34. The molecule has 0 spiro atoms. The summed E-state index contributed by atoms with van der Waals surface area (Å²) >= 11 is 1.45. The number of anilines is 1. The number of hydrogen-bond acceptors (Lipinski definition) is 4. The third kappa shape index (κ3) is 3.85. The topological polar surface area (TPSA) is 35.9 Å². The normalized spacial score (nSPS) is 20.0. The fourth-order valence-electron chi connectivity index (χ4n) is 3.72. The zero-order valence-electron chi connectivity index (χ0n) is 16.4. The molecule has 5 heteroatoms. The molecule has 2 aromatic rings. The molecule has 2 saturated heterocycles. The fraction of sp³-hybridized carbons (Fsp3) is 0.304. The van der Waals surface area contributed by atoms with Gasteiger partial charge in [-0.2, -0.15) is 0 Å². The van der Waals surface area contributed by atoms with Crippen LogP contribution < -0.4 is 4.90 Å². The molecule has 2 aliphatic heterocycles. The fourth-order valence-corrected chi connectivity index (χ4v) is 4.78. The van der Waals surface area contributed by atoms with Crippen LogP contribution >= 0.6 is 11.8 Å². The molecule has 0 atom stereocenters. The lowest BCUT2D eigenvalue weighted by atomic mass is 10.1. The number of thioether (sulfide) groups is 1. The van der Waals surface area contributed by atoms with E-state index in [0.717, 1.165) is 34.4 Å². The third-order valence-corrected chi connectivity index (χ3v) is 6.16. The van der Waals surface area contributed by atoms with Crippen molar-refractivity contribution in [2.24, 2.45) is 4.99 Å². The van der Waals surface area contributed by atoms with E-state index >= 15 is 0 Å². The number of rotatable bonds is 4. The first-order valence-corrected chi connectivity index (χ1v) is 10.7. The largest absolute Gasteiger partial charge is 0.371 e. The van der Waals surface area contributed by atoms with Crippen LogP contribution in [-0.2, 0) is 4.79 Å². The van der Waals surface area contributed by atoms with Crippen molar-refractivity contribution in [1.29, 1.82) is 0 Å². The first-order valence-electron chi connectivity index (χ1n) is 9.86. The average Bonchev–Trinajstić information content (AvgIpc) is 3.32. The third-order valence-electron chi connectivity index (χ3n) is 5.15. The number of hydrogen-bond donors (Lipinski definition) is 0. The summed E-state index contributed by atoms with van der Waals surface area (Å²) in [7, 11) is 0. The maximum absolute atomic E-state index is 12.9. The lowest BCUT2D eigenvalue weighted by Gasteiger charge is -2.20. The van der Waals surface area contributed by atoms with Crippen molar-refractivity contribution >= 4 is 40.3 Å². The Balaban J connectivity index is 1.60. The molecule has 0 N–H and O–H groups in total. The quantitative estimate of drug-likeness (QED) is 0.671. The molecule has 0 radical (unpaired) electrons. The molecule has 2 fully saturated rings. The molecule has 0 bridgehead atoms. The lowest BCUT2D eigenvalue weighted by molar-refractivity contribution is -0.122. The van der Waals surface area contributed by atoms with Crippen LogP contribution in [0.15, 0.2) is 58.4 Å². The number of likely N-dealkylation sites (N-methyl/N-ethyl adjacent to an activating group) is 1. The van der Waals surface area contributed by atoms with E-state index in [0.29, 0.717) is 6.54 Å². The number of benzene rings is 2. The van der Waals surface area contributed by atoms with Crippen LogP contribution in [0.4, 0.5) is 11.4 Å². The number of carbonyl (C=O) groups excluding carboxylic acids is 1. The minimum atomic E-state index is 0.0310. The molecule has 28 heavy (non-hydrogen) atoms. The van der Waals surface area contributed by atoms with E-state index in [1.807, 2.05) is 43.3 Å². The van der Waals surface area contributed by atoms with Crippen LogP contribution in [0.3, 0.4) is 0 Å². The Hall–Kier alpha value is -2.53. The summed E-state index contributed by atoms with van der Waals surface area (Å²) in [6.45, 7) is 7.03. The average molecular weight is 392 g/mol. The van der Waals surface area contributed by atoms with Gasteiger partial charge in [-0.1, -0.05) is 24.3 Å². The molecule has 144 valence electrons. The Kier molecular flexibility index (Phi) is 5.53. The second kappa shape index (κ2) is 8.23. The molecule has 1 amide bonds. The standard InChI is InChI=1S/C23H25N3OS/c1-3-26-22(27)21(28-23(26)24-19-9-5-4-6-10-19)16-18-11-12-20(17(2)15-18)25-13-7-8-14-25/h4-6,9-12,15-16H,3,7-8,13-14H2,1-2H3/b21-16+,24-23?. The van der Waals surface area contributed by atoms with Crippen molar-refractivity contribution in [3.05, 3.63) is 64.6 Å². The molecule has 2 aromatic carbocycles. The number of para-hydroxylation sites is 1. The second-order valence-corrected chi connectivity index (χ2v) is 8.14. The van der Waals surface area contributed by atoms with Crippen LogP contribution in [0.25, 0.3) is 6.08 Å². The monoisotopic (exact) mass is 391 g/mol. The molecule has 4 nitrogen and oxygen atoms in total. The zero-order chi connectivity index (χ0) is 19.5. The summed E-state index contributed by atoms with van der Waals surface area (Å²) < 4.78 is 0. The summed E-state index contributed by atoms with van der Waals surface area (Å²) in [6, 6.07) is 16.3. The predicted octanol–water partition coefficient (Wildman–Crippen LogP) is 5.22. The smallest absolute Gasteiger partial charge is 0.266 e. The summed E-state index contributed by atoms with van der Waals surface area (Å²) in [5.74, 6) is 0.0310. The van der Waals surface area contributed by atoms with Gasteiger partial charge >= 0.3 is 0 Å². The van der Waals surface area contributed by atoms with E-state index in [1.54, 1.807) is 4.90 Å². The summed E-state index contributed by atoms with van der Waals surface area (Å²) in [4.78, 5) is 22.4. The molecule has 4 rings (SSSR count). The predicted molar refractivity (Wildman–Crippen MR) is 119 cm³/mol. The van der Waals surface area contributed by atoms with Gasteiger partial charge in [-0.3, -0.25) is 9.69 Å². The number of aryl methyl sites for hydroxylation is 1. The van der Waals surface area contributed by atoms with Gasteiger partial charge in [0.05, 0.1) is 10.6 Å². The first kappa shape index (κ1) is 18.8.